The van der Waals surface area contributed by atoms with Crippen molar-refractivity contribution in [3.05, 3.63) is 42.0 Å². The van der Waals surface area contributed by atoms with Gasteiger partial charge in [-0.3, -0.25) is 4.99 Å². The molecule has 0 bridgehead atoms. The summed E-state index contributed by atoms with van der Waals surface area (Å²) in [6, 6.07) is 5.66. The zero-order valence-corrected chi connectivity index (χ0v) is 17.4. The molecule has 1 aromatic heterocycles. The molecule has 0 amide bonds. The van der Waals surface area contributed by atoms with E-state index in [1.165, 1.54) is 19.4 Å². The van der Waals surface area contributed by atoms with Crippen LogP contribution in [0.4, 0.5) is 13.2 Å². The molecule has 1 aromatic carbocycles. The minimum atomic E-state index is -4.88. The highest BCUT2D eigenvalue weighted by molar-refractivity contribution is 5.79. The zero-order valence-electron chi connectivity index (χ0n) is 17.4. The number of guanidine groups is 1. The second-order valence-electron chi connectivity index (χ2n) is 7.09. The third kappa shape index (κ3) is 5.22. The number of ether oxygens (including phenoxy) is 2. The molecule has 31 heavy (non-hydrogen) atoms. The van der Waals surface area contributed by atoms with Gasteiger partial charge >= 0.3 is 6.18 Å². The maximum Gasteiger partial charge on any atom is 0.424 e. The summed E-state index contributed by atoms with van der Waals surface area (Å²) in [5.41, 5.74) is -2.06. The number of aliphatic hydroxyl groups is 1. The molecule has 1 aliphatic heterocycles. The standard InChI is InChI=1S/C20H26F3N5O3/c1-3-24-18(26-8-6-14-4-5-15-16(12-14)31-13-30-15)27-9-7-19(29,20(21,22)23)17-25-10-11-28(17)2/h4-5,10-12,29H,3,6-9,13H2,1-2H3,(H2,24,26,27). The second kappa shape index (κ2) is 9.46. The van der Waals surface area contributed by atoms with Gasteiger partial charge in [-0.05, 0) is 31.0 Å². The van der Waals surface area contributed by atoms with Crippen molar-refractivity contribution in [3.63, 3.8) is 0 Å². The fraction of sp³-hybridized carbons (Fsp3) is 0.500. The Bertz CT molecular complexity index is 916. The first-order valence-corrected chi connectivity index (χ1v) is 9.92. The quantitative estimate of drug-likeness (QED) is 0.429. The van der Waals surface area contributed by atoms with Crippen LogP contribution in [0.1, 0.15) is 24.7 Å². The number of rotatable bonds is 8. The lowest BCUT2D eigenvalue weighted by Crippen LogP contribution is -2.45. The predicted octanol–water partition coefficient (Wildman–Crippen LogP) is 2.09. The Balaban J connectivity index is 1.60. The molecule has 0 radical (unpaired) electrons. The average molecular weight is 441 g/mol. The van der Waals surface area contributed by atoms with E-state index in [1.54, 1.807) is 0 Å². The van der Waals surface area contributed by atoms with Gasteiger partial charge in [-0.2, -0.15) is 13.2 Å². The normalized spacial score (nSPS) is 15.6. The van der Waals surface area contributed by atoms with Crippen molar-refractivity contribution in [1.82, 2.24) is 20.2 Å². The molecule has 170 valence electrons. The van der Waals surface area contributed by atoms with Gasteiger partial charge in [0.1, 0.15) is 5.82 Å². The van der Waals surface area contributed by atoms with Gasteiger partial charge in [0.15, 0.2) is 17.5 Å². The number of hydrogen-bond acceptors (Lipinski definition) is 5. The largest absolute Gasteiger partial charge is 0.454 e. The smallest absolute Gasteiger partial charge is 0.424 e. The van der Waals surface area contributed by atoms with E-state index in [0.29, 0.717) is 37.0 Å². The third-order valence-electron chi connectivity index (χ3n) is 4.89. The van der Waals surface area contributed by atoms with E-state index in [2.05, 4.69) is 20.6 Å². The van der Waals surface area contributed by atoms with Crippen molar-refractivity contribution in [3.8, 4) is 11.5 Å². The third-order valence-corrected chi connectivity index (χ3v) is 4.89. The van der Waals surface area contributed by atoms with Gasteiger partial charge in [-0.15, -0.1) is 0 Å². The predicted molar refractivity (Wildman–Crippen MR) is 108 cm³/mol. The number of aryl methyl sites for hydroxylation is 1. The number of fused-ring (bicyclic) bond motifs is 1. The van der Waals surface area contributed by atoms with Crippen molar-refractivity contribution in [1.29, 1.82) is 0 Å². The number of aliphatic imine (C=N–C) groups is 1. The first-order valence-electron chi connectivity index (χ1n) is 9.92. The van der Waals surface area contributed by atoms with Crippen LogP contribution in [0.15, 0.2) is 35.6 Å². The van der Waals surface area contributed by atoms with E-state index < -0.39 is 24.0 Å². The molecular formula is C20H26F3N5O3. The molecule has 1 unspecified atom stereocenters. The van der Waals surface area contributed by atoms with Crippen LogP contribution in [0, 0.1) is 0 Å². The van der Waals surface area contributed by atoms with Crippen LogP contribution in [-0.4, -0.2) is 53.2 Å². The lowest BCUT2D eigenvalue weighted by molar-refractivity contribution is -0.272. The van der Waals surface area contributed by atoms with E-state index in [9.17, 15) is 18.3 Å². The summed E-state index contributed by atoms with van der Waals surface area (Å²) >= 11 is 0. The van der Waals surface area contributed by atoms with E-state index >= 15 is 0 Å². The molecule has 8 nitrogen and oxygen atoms in total. The molecule has 1 atom stereocenters. The summed E-state index contributed by atoms with van der Waals surface area (Å²) in [7, 11) is 1.41. The summed E-state index contributed by atoms with van der Waals surface area (Å²) in [4.78, 5) is 7.88. The number of nitrogens with one attached hydrogen (secondary N) is 2. The Labute approximate surface area is 178 Å². The number of imidazole rings is 1. The monoisotopic (exact) mass is 441 g/mol. The van der Waals surface area contributed by atoms with E-state index in [-0.39, 0.29) is 13.3 Å². The van der Waals surface area contributed by atoms with Crippen molar-refractivity contribution < 1.29 is 27.8 Å². The Morgan fingerprint density at radius 1 is 1.26 bits per heavy atom. The summed E-state index contributed by atoms with van der Waals surface area (Å²) in [6.45, 7) is 2.86. The summed E-state index contributed by atoms with van der Waals surface area (Å²) < 4.78 is 52.6. The SMILES string of the molecule is CCNC(=NCCC(O)(c1nccn1C)C(F)(F)F)NCCc1ccc2c(c1)OCO2. The molecule has 0 aliphatic carbocycles. The summed E-state index contributed by atoms with van der Waals surface area (Å²) in [5, 5.41) is 16.5. The first kappa shape index (κ1) is 22.7. The topological polar surface area (TPSA) is 92.9 Å². The van der Waals surface area contributed by atoms with Crippen LogP contribution >= 0.6 is 0 Å². The summed E-state index contributed by atoms with van der Waals surface area (Å²) in [6.07, 6.45) is -2.30. The van der Waals surface area contributed by atoms with Gasteiger partial charge in [-0.1, -0.05) is 6.07 Å². The minimum Gasteiger partial charge on any atom is -0.454 e. The van der Waals surface area contributed by atoms with Gasteiger partial charge in [0.05, 0.1) is 0 Å². The highest BCUT2D eigenvalue weighted by Crippen LogP contribution is 2.40. The van der Waals surface area contributed by atoms with Crippen LogP contribution in [-0.2, 0) is 19.1 Å². The molecule has 1 aliphatic rings. The fourth-order valence-electron chi connectivity index (χ4n) is 3.24. The van der Waals surface area contributed by atoms with E-state index in [0.717, 1.165) is 10.1 Å². The van der Waals surface area contributed by atoms with Crippen LogP contribution in [0.2, 0.25) is 0 Å². The van der Waals surface area contributed by atoms with Gasteiger partial charge in [0, 0.05) is 45.5 Å². The molecule has 11 heteroatoms. The van der Waals surface area contributed by atoms with Crippen LogP contribution in [0.25, 0.3) is 0 Å². The molecule has 0 fully saturated rings. The molecule has 2 aromatic rings. The van der Waals surface area contributed by atoms with Crippen LogP contribution < -0.4 is 20.1 Å². The van der Waals surface area contributed by atoms with Crippen molar-refractivity contribution in [2.45, 2.75) is 31.5 Å². The zero-order chi connectivity index (χ0) is 22.5. The highest BCUT2D eigenvalue weighted by Gasteiger charge is 2.57. The lowest BCUT2D eigenvalue weighted by atomic mass is 9.98. The minimum absolute atomic E-state index is 0.205. The first-order chi connectivity index (χ1) is 14.7. The summed E-state index contributed by atoms with van der Waals surface area (Å²) in [5.74, 6) is 1.30. The average Bonchev–Trinajstić information content (AvgIpc) is 3.35. The van der Waals surface area contributed by atoms with Crippen molar-refractivity contribution in [2.75, 3.05) is 26.4 Å². The number of aromatic nitrogens is 2. The van der Waals surface area contributed by atoms with Crippen molar-refractivity contribution >= 4 is 5.96 Å². The fourth-order valence-corrected chi connectivity index (χ4v) is 3.24. The molecular weight excluding hydrogens is 415 g/mol. The molecule has 3 N–H and O–H groups in total. The molecule has 3 rings (SSSR count). The second-order valence-corrected chi connectivity index (χ2v) is 7.09. The van der Waals surface area contributed by atoms with E-state index in [1.807, 2.05) is 25.1 Å². The van der Waals surface area contributed by atoms with Crippen molar-refractivity contribution in [2.24, 2.45) is 12.0 Å². The Kier molecular flexibility index (Phi) is 6.94. The Hall–Kier alpha value is -2.95. The molecule has 0 spiro atoms. The molecule has 0 saturated carbocycles. The number of nitrogens with zero attached hydrogens (tertiary/aromatic N) is 3. The Morgan fingerprint density at radius 3 is 2.71 bits per heavy atom. The van der Waals surface area contributed by atoms with Gasteiger partial charge in [0.25, 0.3) is 0 Å². The number of benzene rings is 1. The van der Waals surface area contributed by atoms with Gasteiger partial charge < -0.3 is 29.8 Å². The molecule has 2 heterocycles. The maximum atomic E-state index is 13.6. The number of hydrogen-bond donors (Lipinski definition) is 3. The highest BCUT2D eigenvalue weighted by atomic mass is 19.4. The number of alkyl halides is 3. The Morgan fingerprint density at radius 2 is 2.03 bits per heavy atom. The number of halogens is 3. The van der Waals surface area contributed by atoms with Crippen LogP contribution in [0.3, 0.4) is 0 Å². The lowest BCUT2D eigenvalue weighted by Gasteiger charge is -2.29. The van der Waals surface area contributed by atoms with E-state index in [4.69, 9.17) is 9.47 Å². The van der Waals surface area contributed by atoms with Gasteiger partial charge in [0.2, 0.25) is 12.4 Å². The maximum absolute atomic E-state index is 13.6. The van der Waals surface area contributed by atoms with Gasteiger partial charge in [-0.25, -0.2) is 4.98 Å². The van der Waals surface area contributed by atoms with Crippen LogP contribution in [0.5, 0.6) is 11.5 Å². The molecule has 0 saturated heterocycles.